The molecule has 0 aromatic heterocycles. The van der Waals surface area contributed by atoms with E-state index in [0.29, 0.717) is 5.69 Å². The van der Waals surface area contributed by atoms with Gasteiger partial charge in [0.05, 0.1) is 17.9 Å². The Kier molecular flexibility index (Phi) is 6.51. The van der Waals surface area contributed by atoms with Crippen molar-refractivity contribution in [3.8, 4) is 0 Å². The molecule has 0 aliphatic carbocycles. The molecular formula is C14H20N2O5S. The third-order valence-electron chi connectivity index (χ3n) is 2.78. The third kappa shape index (κ3) is 5.12. The molecule has 0 atom stereocenters. The summed E-state index contributed by atoms with van der Waals surface area (Å²) in [5.74, 6) is -0.763. The first-order chi connectivity index (χ1) is 10.3. The normalized spacial score (nSPS) is 11.3. The highest BCUT2D eigenvalue weighted by Gasteiger charge is 2.16. The standard InChI is InChI=1S/C14H20N2O5S/c1-4-21-14(18)10-9-13(17)15-11-5-7-12(8-6-11)22(19,20)16(2)3/h5-8H,4,9-10H2,1-3H3,(H,15,17). The SMILES string of the molecule is CCOC(=O)CCC(=O)Nc1ccc(S(=O)(=O)N(C)C)cc1. The van der Waals surface area contributed by atoms with Crippen molar-refractivity contribution in [1.29, 1.82) is 0 Å². The molecular weight excluding hydrogens is 308 g/mol. The molecule has 0 bridgehead atoms. The number of sulfonamides is 1. The minimum Gasteiger partial charge on any atom is -0.466 e. The molecule has 0 saturated carbocycles. The zero-order chi connectivity index (χ0) is 16.8. The van der Waals surface area contributed by atoms with E-state index in [-0.39, 0.29) is 30.3 Å². The van der Waals surface area contributed by atoms with Gasteiger partial charge in [0.1, 0.15) is 0 Å². The van der Waals surface area contributed by atoms with Gasteiger partial charge in [-0.05, 0) is 31.2 Å². The van der Waals surface area contributed by atoms with Gasteiger partial charge < -0.3 is 10.1 Å². The van der Waals surface area contributed by atoms with Crippen LogP contribution in [0, 0.1) is 0 Å². The highest BCUT2D eigenvalue weighted by atomic mass is 32.2. The molecule has 0 heterocycles. The molecule has 0 aliphatic heterocycles. The van der Waals surface area contributed by atoms with Gasteiger partial charge in [-0.25, -0.2) is 12.7 Å². The summed E-state index contributed by atoms with van der Waals surface area (Å²) < 4.78 is 29.6. The number of amides is 1. The summed E-state index contributed by atoms with van der Waals surface area (Å²) in [4.78, 5) is 23.0. The van der Waals surface area contributed by atoms with Crippen LogP contribution < -0.4 is 5.32 Å². The smallest absolute Gasteiger partial charge is 0.306 e. The van der Waals surface area contributed by atoms with Crippen LogP contribution in [0.1, 0.15) is 19.8 Å². The van der Waals surface area contributed by atoms with Gasteiger partial charge in [-0.1, -0.05) is 0 Å². The Morgan fingerprint density at radius 3 is 2.23 bits per heavy atom. The lowest BCUT2D eigenvalue weighted by atomic mass is 10.2. The van der Waals surface area contributed by atoms with Gasteiger partial charge >= 0.3 is 5.97 Å². The first-order valence-corrected chi connectivity index (χ1v) is 8.19. The summed E-state index contributed by atoms with van der Waals surface area (Å²) in [7, 11) is -0.601. The maximum Gasteiger partial charge on any atom is 0.306 e. The van der Waals surface area contributed by atoms with Crippen LogP contribution in [0.4, 0.5) is 5.69 Å². The molecule has 1 amide bonds. The minimum absolute atomic E-state index is 0.00671. The number of carbonyl (C=O) groups is 2. The zero-order valence-corrected chi connectivity index (χ0v) is 13.6. The number of rotatable bonds is 7. The number of nitrogens with zero attached hydrogens (tertiary/aromatic N) is 1. The fourth-order valence-corrected chi connectivity index (χ4v) is 2.49. The zero-order valence-electron chi connectivity index (χ0n) is 12.8. The maximum atomic E-state index is 11.9. The number of carbonyl (C=O) groups excluding carboxylic acids is 2. The molecule has 1 N–H and O–H groups in total. The molecule has 22 heavy (non-hydrogen) atoms. The molecule has 1 aromatic rings. The van der Waals surface area contributed by atoms with E-state index in [2.05, 4.69) is 5.32 Å². The number of nitrogens with one attached hydrogen (secondary N) is 1. The Hall–Kier alpha value is -1.93. The summed E-state index contributed by atoms with van der Waals surface area (Å²) in [5, 5.41) is 2.59. The van der Waals surface area contributed by atoms with Crippen molar-refractivity contribution in [3.63, 3.8) is 0 Å². The molecule has 1 aromatic carbocycles. The number of hydrogen-bond acceptors (Lipinski definition) is 5. The van der Waals surface area contributed by atoms with Crippen molar-refractivity contribution in [1.82, 2.24) is 4.31 Å². The molecule has 8 heteroatoms. The van der Waals surface area contributed by atoms with Gasteiger partial charge in [0, 0.05) is 26.2 Å². The molecule has 1 rings (SSSR count). The number of hydrogen-bond donors (Lipinski definition) is 1. The van der Waals surface area contributed by atoms with Gasteiger partial charge in [0.2, 0.25) is 15.9 Å². The average Bonchev–Trinajstić information content (AvgIpc) is 2.46. The second kappa shape index (κ2) is 7.90. The number of esters is 1. The summed E-state index contributed by atoms with van der Waals surface area (Å²) in [6, 6.07) is 5.82. The lowest BCUT2D eigenvalue weighted by molar-refractivity contribution is -0.144. The van der Waals surface area contributed by atoms with E-state index in [4.69, 9.17) is 4.74 Å². The highest BCUT2D eigenvalue weighted by molar-refractivity contribution is 7.89. The molecule has 0 saturated heterocycles. The average molecular weight is 328 g/mol. The van der Waals surface area contributed by atoms with Crippen molar-refractivity contribution in [3.05, 3.63) is 24.3 Å². The van der Waals surface area contributed by atoms with Gasteiger partial charge in [0.25, 0.3) is 0 Å². The van der Waals surface area contributed by atoms with Crippen LogP contribution >= 0.6 is 0 Å². The van der Waals surface area contributed by atoms with E-state index in [1.807, 2.05) is 0 Å². The molecule has 0 aliphatic rings. The first-order valence-electron chi connectivity index (χ1n) is 6.75. The molecule has 0 spiro atoms. The van der Waals surface area contributed by atoms with Crippen molar-refractivity contribution >= 4 is 27.6 Å². The fourth-order valence-electron chi connectivity index (χ4n) is 1.59. The molecule has 0 radical (unpaired) electrons. The number of ether oxygens (including phenoxy) is 1. The van der Waals surface area contributed by atoms with Gasteiger partial charge in [-0.2, -0.15) is 0 Å². The lowest BCUT2D eigenvalue weighted by Crippen LogP contribution is -2.22. The van der Waals surface area contributed by atoms with Crippen LogP contribution in [0.2, 0.25) is 0 Å². The van der Waals surface area contributed by atoms with E-state index in [1.54, 1.807) is 6.92 Å². The van der Waals surface area contributed by atoms with E-state index in [9.17, 15) is 18.0 Å². The molecule has 7 nitrogen and oxygen atoms in total. The number of benzene rings is 1. The summed E-state index contributed by atoms with van der Waals surface area (Å²) in [6.45, 7) is 1.98. The Balaban J connectivity index is 2.61. The van der Waals surface area contributed by atoms with E-state index < -0.39 is 16.0 Å². The highest BCUT2D eigenvalue weighted by Crippen LogP contribution is 2.16. The van der Waals surface area contributed by atoms with E-state index in [1.165, 1.54) is 38.4 Å². The van der Waals surface area contributed by atoms with Gasteiger partial charge in [-0.3, -0.25) is 9.59 Å². The van der Waals surface area contributed by atoms with Crippen molar-refractivity contribution in [2.24, 2.45) is 0 Å². The largest absolute Gasteiger partial charge is 0.466 e. The minimum atomic E-state index is -3.49. The van der Waals surface area contributed by atoms with Crippen molar-refractivity contribution < 1.29 is 22.7 Å². The van der Waals surface area contributed by atoms with Crippen LogP contribution in [-0.2, 0) is 24.3 Å². The Morgan fingerprint density at radius 1 is 1.14 bits per heavy atom. The van der Waals surface area contributed by atoms with Crippen molar-refractivity contribution in [2.75, 3.05) is 26.0 Å². The van der Waals surface area contributed by atoms with Crippen LogP contribution in [0.5, 0.6) is 0 Å². The lowest BCUT2D eigenvalue weighted by Gasteiger charge is -2.12. The molecule has 122 valence electrons. The monoisotopic (exact) mass is 328 g/mol. The summed E-state index contributed by atoms with van der Waals surface area (Å²) in [6.07, 6.45) is 0.0172. The van der Waals surface area contributed by atoms with Gasteiger partial charge in [0.15, 0.2) is 0 Å². The van der Waals surface area contributed by atoms with Crippen molar-refractivity contribution in [2.45, 2.75) is 24.7 Å². The van der Waals surface area contributed by atoms with Crippen LogP contribution in [-0.4, -0.2) is 45.3 Å². The fraction of sp³-hybridized carbons (Fsp3) is 0.429. The van der Waals surface area contributed by atoms with Crippen LogP contribution in [0.25, 0.3) is 0 Å². The Bertz CT molecular complexity index is 623. The predicted octanol–water partition coefficient (Wildman–Crippen LogP) is 1.22. The van der Waals surface area contributed by atoms with Gasteiger partial charge in [-0.15, -0.1) is 0 Å². The molecule has 0 fully saturated rings. The Labute approximate surface area is 130 Å². The summed E-state index contributed by atoms with van der Waals surface area (Å²) in [5.41, 5.74) is 0.464. The molecule has 0 unspecified atom stereocenters. The maximum absolute atomic E-state index is 11.9. The second-order valence-electron chi connectivity index (χ2n) is 4.67. The predicted molar refractivity (Wildman–Crippen MR) is 81.8 cm³/mol. The second-order valence-corrected chi connectivity index (χ2v) is 6.82. The topological polar surface area (TPSA) is 92.8 Å². The third-order valence-corrected chi connectivity index (χ3v) is 4.61. The summed E-state index contributed by atoms with van der Waals surface area (Å²) >= 11 is 0. The first kappa shape index (κ1) is 18.1. The Morgan fingerprint density at radius 2 is 1.73 bits per heavy atom. The van der Waals surface area contributed by atoms with E-state index >= 15 is 0 Å². The quantitative estimate of drug-likeness (QED) is 0.760. The van der Waals surface area contributed by atoms with Crippen LogP contribution in [0.15, 0.2) is 29.2 Å². The van der Waals surface area contributed by atoms with Crippen LogP contribution in [0.3, 0.4) is 0 Å². The van der Waals surface area contributed by atoms with E-state index in [0.717, 1.165) is 4.31 Å². The number of anilines is 1.